The van der Waals surface area contributed by atoms with Crippen molar-refractivity contribution in [3.8, 4) is 5.75 Å². The molecule has 6 heteroatoms. The highest BCUT2D eigenvalue weighted by molar-refractivity contribution is 5.84. The Kier molecular flexibility index (Phi) is 3.92. The number of morpholine rings is 1. The first kappa shape index (κ1) is 15.4. The minimum atomic E-state index is -0.0936. The van der Waals surface area contributed by atoms with E-state index in [0.29, 0.717) is 13.1 Å². The molecule has 2 amide bonds. The number of likely N-dealkylation sites (tertiary alicyclic amines) is 1. The summed E-state index contributed by atoms with van der Waals surface area (Å²) < 4.78 is 11.0. The van der Waals surface area contributed by atoms with Crippen LogP contribution in [0.1, 0.15) is 24.3 Å². The maximum atomic E-state index is 12.8. The quantitative estimate of drug-likeness (QED) is 0.895. The fourth-order valence-corrected chi connectivity index (χ4v) is 3.92. The van der Waals surface area contributed by atoms with E-state index in [2.05, 4.69) is 5.32 Å². The highest BCUT2D eigenvalue weighted by atomic mass is 16.5. The second-order valence-corrected chi connectivity index (χ2v) is 6.79. The zero-order valence-electron chi connectivity index (χ0n) is 13.7. The number of carbonyl (C=O) groups excluding carboxylic acids is 2. The lowest BCUT2D eigenvalue weighted by Gasteiger charge is -2.41. The van der Waals surface area contributed by atoms with Gasteiger partial charge in [0.2, 0.25) is 11.8 Å². The Balaban J connectivity index is 1.41. The van der Waals surface area contributed by atoms with Gasteiger partial charge in [0.25, 0.3) is 0 Å². The van der Waals surface area contributed by atoms with Crippen LogP contribution in [0, 0.1) is 5.92 Å². The maximum absolute atomic E-state index is 12.8. The topological polar surface area (TPSA) is 67.9 Å². The normalized spacial score (nSPS) is 31.9. The summed E-state index contributed by atoms with van der Waals surface area (Å²) in [5, 5.41) is 2.95. The van der Waals surface area contributed by atoms with Crippen LogP contribution >= 0.6 is 0 Å². The lowest BCUT2D eigenvalue weighted by atomic mass is 9.99. The third-order valence-electron chi connectivity index (χ3n) is 5.28. The number of rotatable bonds is 3. The number of amides is 2. The first-order valence-electron chi connectivity index (χ1n) is 8.50. The smallest absolute Gasteiger partial charge is 0.246 e. The summed E-state index contributed by atoms with van der Waals surface area (Å²) in [5.41, 5.74) is 1.11. The Morgan fingerprint density at radius 2 is 2.21 bits per heavy atom. The fourth-order valence-electron chi connectivity index (χ4n) is 3.92. The average Bonchev–Trinajstić information content (AvgIpc) is 3.41. The third kappa shape index (κ3) is 2.75. The van der Waals surface area contributed by atoms with Gasteiger partial charge >= 0.3 is 0 Å². The van der Waals surface area contributed by atoms with Crippen molar-refractivity contribution < 1.29 is 19.1 Å². The molecule has 2 aliphatic heterocycles. The Morgan fingerprint density at radius 1 is 1.38 bits per heavy atom. The van der Waals surface area contributed by atoms with E-state index in [0.717, 1.165) is 24.2 Å². The Morgan fingerprint density at radius 3 is 3.04 bits per heavy atom. The molecule has 6 nitrogen and oxygen atoms in total. The van der Waals surface area contributed by atoms with Crippen LogP contribution in [0.15, 0.2) is 24.3 Å². The Labute approximate surface area is 141 Å². The summed E-state index contributed by atoms with van der Waals surface area (Å²) in [6.45, 7) is 1.38. The highest BCUT2D eigenvalue weighted by Crippen LogP contribution is 2.51. The summed E-state index contributed by atoms with van der Waals surface area (Å²) >= 11 is 0. The zero-order chi connectivity index (χ0) is 16.7. The number of nitrogens with one attached hydrogen (secondary N) is 1. The van der Waals surface area contributed by atoms with Gasteiger partial charge in [-0.1, -0.05) is 18.2 Å². The predicted octanol–water partition coefficient (Wildman–Crippen LogP) is 0.915. The number of fused-ring (bicyclic) bond motifs is 1. The third-order valence-corrected chi connectivity index (χ3v) is 5.28. The van der Waals surface area contributed by atoms with Crippen molar-refractivity contribution in [3.05, 3.63) is 29.8 Å². The number of benzene rings is 1. The SMILES string of the molecule is COc1ccccc1[C@@H]1C[C@H]1C(=O)N1CC[C@@H]2OCC(=O)N[C@H]2C1. The molecular formula is C18H22N2O4. The Bertz CT molecular complexity index is 662. The standard InChI is InChI=1S/C18H22N2O4/c1-23-15-5-3-2-4-11(15)12-8-13(12)18(22)20-7-6-16-14(9-20)19-17(21)10-24-16/h2-5,12-14,16H,6-10H2,1H3,(H,19,21)/t12-,13+,14-,16-/m0/s1. The first-order chi connectivity index (χ1) is 11.7. The number of methoxy groups -OCH3 is 1. The number of para-hydroxylation sites is 1. The average molecular weight is 330 g/mol. The first-order valence-corrected chi connectivity index (χ1v) is 8.50. The molecule has 1 aliphatic carbocycles. The van der Waals surface area contributed by atoms with Crippen LogP contribution < -0.4 is 10.1 Å². The predicted molar refractivity (Wildman–Crippen MR) is 86.7 cm³/mol. The summed E-state index contributed by atoms with van der Waals surface area (Å²) in [6, 6.07) is 7.83. The molecule has 2 heterocycles. The second-order valence-electron chi connectivity index (χ2n) is 6.79. The van der Waals surface area contributed by atoms with Crippen molar-refractivity contribution in [1.82, 2.24) is 10.2 Å². The molecule has 24 heavy (non-hydrogen) atoms. The molecule has 1 N–H and O–H groups in total. The molecule has 1 saturated carbocycles. The van der Waals surface area contributed by atoms with Crippen molar-refractivity contribution in [2.45, 2.75) is 30.9 Å². The van der Waals surface area contributed by atoms with E-state index in [-0.39, 0.29) is 42.4 Å². The molecule has 1 aromatic carbocycles. The summed E-state index contributed by atoms with van der Waals surface area (Å²) in [4.78, 5) is 26.2. The van der Waals surface area contributed by atoms with E-state index in [1.807, 2.05) is 29.2 Å². The molecule has 0 unspecified atom stereocenters. The molecule has 0 aromatic heterocycles. The lowest BCUT2D eigenvalue weighted by Crippen LogP contribution is -2.61. The van der Waals surface area contributed by atoms with E-state index in [1.165, 1.54) is 0 Å². The fraction of sp³-hybridized carbons (Fsp3) is 0.556. The summed E-state index contributed by atoms with van der Waals surface area (Å²) in [7, 11) is 1.66. The zero-order valence-corrected chi connectivity index (χ0v) is 13.7. The largest absolute Gasteiger partial charge is 0.496 e. The molecule has 0 spiro atoms. The van der Waals surface area contributed by atoms with E-state index in [4.69, 9.17) is 9.47 Å². The number of carbonyl (C=O) groups is 2. The van der Waals surface area contributed by atoms with Gasteiger partial charge < -0.3 is 19.7 Å². The van der Waals surface area contributed by atoms with Gasteiger partial charge in [0.15, 0.2) is 0 Å². The van der Waals surface area contributed by atoms with E-state index in [9.17, 15) is 9.59 Å². The molecule has 0 radical (unpaired) electrons. The molecule has 0 bridgehead atoms. The van der Waals surface area contributed by atoms with Crippen molar-refractivity contribution in [2.24, 2.45) is 5.92 Å². The van der Waals surface area contributed by atoms with Crippen LogP contribution in [-0.4, -0.2) is 55.7 Å². The molecule has 3 aliphatic rings. The van der Waals surface area contributed by atoms with Gasteiger partial charge in [-0.05, 0) is 30.4 Å². The molecule has 1 aromatic rings. The molecular weight excluding hydrogens is 308 g/mol. The van der Waals surface area contributed by atoms with Crippen molar-refractivity contribution in [1.29, 1.82) is 0 Å². The second kappa shape index (κ2) is 6.09. The minimum absolute atomic E-state index is 0.0260. The van der Waals surface area contributed by atoms with E-state index in [1.54, 1.807) is 7.11 Å². The molecule has 2 saturated heterocycles. The summed E-state index contributed by atoms with van der Waals surface area (Å²) in [6.07, 6.45) is 1.69. The van der Waals surface area contributed by atoms with Gasteiger partial charge in [-0.25, -0.2) is 0 Å². The monoisotopic (exact) mass is 330 g/mol. The van der Waals surface area contributed by atoms with Crippen molar-refractivity contribution in [2.75, 3.05) is 26.8 Å². The minimum Gasteiger partial charge on any atom is -0.496 e. The van der Waals surface area contributed by atoms with Gasteiger partial charge in [-0.15, -0.1) is 0 Å². The molecule has 3 fully saturated rings. The van der Waals surface area contributed by atoms with Crippen LogP contribution in [0.2, 0.25) is 0 Å². The number of piperidine rings is 1. The number of nitrogens with zero attached hydrogens (tertiary/aromatic N) is 1. The van der Waals surface area contributed by atoms with Gasteiger partial charge in [-0.3, -0.25) is 9.59 Å². The summed E-state index contributed by atoms with van der Waals surface area (Å²) in [5.74, 6) is 1.21. The maximum Gasteiger partial charge on any atom is 0.246 e. The molecule has 4 rings (SSSR count). The number of hydrogen-bond acceptors (Lipinski definition) is 4. The van der Waals surface area contributed by atoms with Crippen LogP contribution in [0.5, 0.6) is 5.75 Å². The van der Waals surface area contributed by atoms with Gasteiger partial charge in [-0.2, -0.15) is 0 Å². The highest BCUT2D eigenvalue weighted by Gasteiger charge is 2.48. The van der Waals surface area contributed by atoms with E-state index >= 15 is 0 Å². The van der Waals surface area contributed by atoms with Gasteiger partial charge in [0.05, 0.1) is 19.3 Å². The lowest BCUT2D eigenvalue weighted by molar-refractivity contribution is -0.147. The van der Waals surface area contributed by atoms with Crippen molar-refractivity contribution >= 4 is 11.8 Å². The van der Waals surface area contributed by atoms with Crippen LogP contribution in [-0.2, 0) is 14.3 Å². The van der Waals surface area contributed by atoms with Crippen LogP contribution in [0.4, 0.5) is 0 Å². The van der Waals surface area contributed by atoms with E-state index < -0.39 is 0 Å². The van der Waals surface area contributed by atoms with Crippen molar-refractivity contribution in [3.63, 3.8) is 0 Å². The van der Waals surface area contributed by atoms with Crippen LogP contribution in [0.25, 0.3) is 0 Å². The number of ether oxygens (including phenoxy) is 2. The Hall–Kier alpha value is -2.08. The van der Waals surface area contributed by atoms with Crippen LogP contribution in [0.3, 0.4) is 0 Å². The molecule has 4 atom stereocenters. The van der Waals surface area contributed by atoms with Gasteiger partial charge in [0.1, 0.15) is 12.4 Å². The van der Waals surface area contributed by atoms with Gasteiger partial charge in [0, 0.05) is 19.0 Å². The molecule has 128 valence electrons. The number of hydrogen-bond donors (Lipinski definition) is 1.